The van der Waals surface area contributed by atoms with Gasteiger partial charge >= 0.3 is 0 Å². The third-order valence-electron chi connectivity index (χ3n) is 1.55. The molecule has 0 radical (unpaired) electrons. The second-order valence-corrected chi connectivity index (χ2v) is 2.47. The maximum atomic E-state index is 2.21. The third kappa shape index (κ3) is 8.59. The number of pyridine rings is 1. The SMILES string of the molecule is CCCC[n+]1ccccc1.Cl.[AlH3].[Cl-]. The van der Waals surface area contributed by atoms with E-state index in [9.17, 15) is 0 Å². The van der Waals surface area contributed by atoms with Crippen LogP contribution in [0.1, 0.15) is 19.8 Å². The van der Waals surface area contributed by atoms with Gasteiger partial charge in [-0.2, -0.15) is 0 Å². The van der Waals surface area contributed by atoms with Crippen LogP contribution in [-0.4, -0.2) is 17.4 Å². The van der Waals surface area contributed by atoms with Crippen molar-refractivity contribution >= 4 is 29.8 Å². The molecule has 0 spiro atoms. The first-order valence-electron chi connectivity index (χ1n) is 3.87. The average molecular weight is 238 g/mol. The van der Waals surface area contributed by atoms with Crippen LogP contribution in [-0.2, 0) is 6.54 Å². The zero-order chi connectivity index (χ0) is 7.23. The Labute approximate surface area is 104 Å². The summed E-state index contributed by atoms with van der Waals surface area (Å²) in [5.41, 5.74) is 0. The summed E-state index contributed by atoms with van der Waals surface area (Å²) in [5, 5.41) is 0. The summed E-state index contributed by atoms with van der Waals surface area (Å²) in [5.74, 6) is 0. The van der Waals surface area contributed by atoms with Gasteiger partial charge in [0.25, 0.3) is 0 Å². The molecule has 0 aliphatic carbocycles. The molecule has 76 valence electrons. The van der Waals surface area contributed by atoms with Crippen molar-refractivity contribution in [2.24, 2.45) is 0 Å². The van der Waals surface area contributed by atoms with Crippen molar-refractivity contribution < 1.29 is 17.0 Å². The Balaban J connectivity index is -0.000000333. The lowest BCUT2D eigenvalue weighted by Gasteiger charge is -1.91. The first-order chi connectivity index (χ1) is 4.93. The van der Waals surface area contributed by atoms with E-state index in [1.165, 1.54) is 12.8 Å². The molecule has 0 saturated heterocycles. The Bertz CT molecular complexity index is 182. The van der Waals surface area contributed by atoms with E-state index in [1.54, 1.807) is 0 Å². The van der Waals surface area contributed by atoms with E-state index >= 15 is 0 Å². The van der Waals surface area contributed by atoms with Crippen LogP contribution in [0.5, 0.6) is 0 Å². The van der Waals surface area contributed by atoms with Crippen LogP contribution in [0.3, 0.4) is 0 Å². The van der Waals surface area contributed by atoms with Gasteiger partial charge in [-0.15, -0.1) is 12.4 Å². The lowest BCUT2D eigenvalue weighted by Crippen LogP contribution is -3.00. The minimum Gasteiger partial charge on any atom is -1.00 e. The molecule has 4 heteroatoms. The number of hydrogen-bond donors (Lipinski definition) is 0. The van der Waals surface area contributed by atoms with E-state index in [0.717, 1.165) is 6.54 Å². The standard InChI is InChI=1S/C9H14N.Al.2ClH.3H/c1-2-3-7-10-8-5-4-6-9-10;;;;;;/h4-6,8-9H,2-3,7H2,1H3;;2*1H;;;/q+1;;;;;;/p-1. The topological polar surface area (TPSA) is 3.88 Å². The fourth-order valence-corrected chi connectivity index (χ4v) is 0.924. The van der Waals surface area contributed by atoms with Gasteiger partial charge in [-0.1, -0.05) is 19.4 Å². The predicted octanol–water partition coefficient (Wildman–Crippen LogP) is -1.98. The van der Waals surface area contributed by atoms with Crippen LogP contribution in [0.2, 0.25) is 0 Å². The highest BCUT2D eigenvalue weighted by atomic mass is 35.5. The quantitative estimate of drug-likeness (QED) is 0.424. The van der Waals surface area contributed by atoms with Gasteiger partial charge in [0.1, 0.15) is 6.54 Å². The highest BCUT2D eigenvalue weighted by Gasteiger charge is 1.93. The number of aryl methyl sites for hydroxylation is 1. The van der Waals surface area contributed by atoms with Crippen molar-refractivity contribution in [2.75, 3.05) is 0 Å². The fourth-order valence-electron chi connectivity index (χ4n) is 0.924. The van der Waals surface area contributed by atoms with E-state index in [0.29, 0.717) is 0 Å². The molecule has 0 saturated carbocycles. The smallest absolute Gasteiger partial charge is 0.187 e. The Morgan fingerprint density at radius 1 is 1.08 bits per heavy atom. The molecule has 13 heavy (non-hydrogen) atoms. The van der Waals surface area contributed by atoms with Gasteiger partial charge in [0, 0.05) is 18.6 Å². The second kappa shape index (κ2) is 12.3. The molecular weight excluding hydrogens is 220 g/mol. The number of rotatable bonds is 3. The second-order valence-electron chi connectivity index (χ2n) is 2.47. The summed E-state index contributed by atoms with van der Waals surface area (Å²) in [4.78, 5) is 0. The van der Waals surface area contributed by atoms with Gasteiger partial charge in [-0.25, -0.2) is 4.57 Å². The number of halogens is 2. The third-order valence-corrected chi connectivity index (χ3v) is 1.55. The van der Waals surface area contributed by atoms with E-state index in [-0.39, 0.29) is 42.2 Å². The van der Waals surface area contributed by atoms with Crippen molar-refractivity contribution in [1.82, 2.24) is 0 Å². The molecule has 0 aromatic carbocycles. The van der Waals surface area contributed by atoms with Crippen molar-refractivity contribution in [3.8, 4) is 0 Å². The van der Waals surface area contributed by atoms with Crippen molar-refractivity contribution in [2.45, 2.75) is 26.3 Å². The van der Waals surface area contributed by atoms with Crippen molar-refractivity contribution in [1.29, 1.82) is 0 Å². The van der Waals surface area contributed by atoms with Crippen molar-refractivity contribution in [3.63, 3.8) is 0 Å². The molecule has 1 heterocycles. The van der Waals surface area contributed by atoms with E-state index in [1.807, 2.05) is 6.07 Å². The monoisotopic (exact) mass is 237 g/mol. The molecule has 0 atom stereocenters. The molecular formula is C9H18AlCl2N. The maximum absolute atomic E-state index is 2.21. The highest BCUT2D eigenvalue weighted by Crippen LogP contribution is 1.85. The Kier molecular flexibility index (Phi) is 17.9. The molecule has 0 unspecified atom stereocenters. The first kappa shape index (κ1) is 18.9. The lowest BCUT2D eigenvalue weighted by molar-refractivity contribution is -0.697. The summed E-state index contributed by atoms with van der Waals surface area (Å²) in [6, 6.07) is 6.17. The lowest BCUT2D eigenvalue weighted by atomic mass is 10.3. The van der Waals surface area contributed by atoms with Gasteiger partial charge in [0.05, 0.1) is 0 Å². The first-order valence-corrected chi connectivity index (χ1v) is 3.87. The Morgan fingerprint density at radius 3 is 2.08 bits per heavy atom. The molecule has 1 nitrogen and oxygen atoms in total. The number of nitrogens with zero attached hydrogens (tertiary/aromatic N) is 1. The van der Waals surface area contributed by atoms with Crippen LogP contribution < -0.4 is 17.0 Å². The van der Waals surface area contributed by atoms with Gasteiger partial charge in [-0.05, 0) is 0 Å². The molecule has 1 aromatic rings. The van der Waals surface area contributed by atoms with E-state index < -0.39 is 0 Å². The Hall–Kier alpha value is 0.262. The summed E-state index contributed by atoms with van der Waals surface area (Å²) in [7, 11) is 0. The van der Waals surface area contributed by atoms with Crippen molar-refractivity contribution in [3.05, 3.63) is 30.6 Å². The number of aromatic nitrogens is 1. The molecule has 0 bridgehead atoms. The minimum absolute atomic E-state index is 0. The largest absolute Gasteiger partial charge is 1.00 e. The fraction of sp³-hybridized carbons (Fsp3) is 0.444. The summed E-state index contributed by atoms with van der Waals surface area (Å²) >= 11 is 0. The normalized spacial score (nSPS) is 7.46. The molecule has 0 N–H and O–H groups in total. The molecule has 0 aliphatic rings. The van der Waals surface area contributed by atoms with E-state index in [2.05, 4.69) is 36.0 Å². The molecule has 1 rings (SSSR count). The van der Waals surface area contributed by atoms with Crippen LogP contribution >= 0.6 is 12.4 Å². The summed E-state index contributed by atoms with van der Waals surface area (Å²) in [6.07, 6.45) is 6.75. The van der Waals surface area contributed by atoms with Crippen LogP contribution in [0.4, 0.5) is 0 Å². The van der Waals surface area contributed by atoms with Gasteiger partial charge in [0.2, 0.25) is 0 Å². The average Bonchev–Trinajstić information content (AvgIpc) is 2.03. The molecule has 0 amide bonds. The van der Waals surface area contributed by atoms with E-state index in [4.69, 9.17) is 0 Å². The molecule has 0 fully saturated rings. The minimum atomic E-state index is 0. The maximum Gasteiger partial charge on any atom is 0.187 e. The van der Waals surface area contributed by atoms with Gasteiger partial charge < -0.3 is 12.4 Å². The zero-order valence-corrected chi connectivity index (χ0v) is 8.81. The molecule has 0 aliphatic heterocycles. The van der Waals surface area contributed by atoms with Crippen LogP contribution in [0, 0.1) is 0 Å². The molecule has 1 aromatic heterocycles. The zero-order valence-electron chi connectivity index (χ0n) is 7.24. The predicted molar refractivity (Wildman–Crippen MR) is 58.7 cm³/mol. The van der Waals surface area contributed by atoms with Crippen LogP contribution in [0.25, 0.3) is 0 Å². The highest BCUT2D eigenvalue weighted by molar-refractivity contribution is 5.85. The Morgan fingerprint density at radius 2 is 1.62 bits per heavy atom. The van der Waals surface area contributed by atoms with Gasteiger partial charge in [0.15, 0.2) is 29.8 Å². The summed E-state index contributed by atoms with van der Waals surface area (Å²) in [6.45, 7) is 3.36. The number of hydrogen-bond acceptors (Lipinski definition) is 0. The number of unbranched alkanes of at least 4 members (excludes halogenated alkanes) is 1. The summed E-state index contributed by atoms with van der Waals surface area (Å²) < 4.78 is 2.21. The van der Waals surface area contributed by atoms with Gasteiger partial charge in [-0.3, -0.25) is 0 Å². The van der Waals surface area contributed by atoms with Crippen LogP contribution in [0.15, 0.2) is 30.6 Å².